The van der Waals surface area contributed by atoms with E-state index in [2.05, 4.69) is 0 Å². The molecule has 0 radical (unpaired) electrons. The lowest BCUT2D eigenvalue weighted by molar-refractivity contribution is -0.137. The summed E-state index contributed by atoms with van der Waals surface area (Å²) >= 11 is 1.39. The van der Waals surface area contributed by atoms with Gasteiger partial charge in [-0.05, 0) is 34.5 Å². The smallest absolute Gasteiger partial charge is 0.290 e. The molecular weight excluding hydrogens is 261 g/mol. The van der Waals surface area contributed by atoms with Gasteiger partial charge in [-0.1, -0.05) is 12.1 Å². The second-order valence-corrected chi connectivity index (χ2v) is 4.60. The van der Waals surface area contributed by atoms with Crippen molar-refractivity contribution in [3.05, 3.63) is 68.0 Å². The Kier molecular flexibility index (Phi) is 3.52. The van der Waals surface area contributed by atoms with Gasteiger partial charge in [0.15, 0.2) is 5.43 Å². The topological polar surface area (TPSA) is 17.1 Å². The Morgan fingerprint density at radius 2 is 1.72 bits per heavy atom. The Morgan fingerprint density at radius 1 is 1.06 bits per heavy atom. The molecule has 0 amide bonds. The highest BCUT2D eigenvalue weighted by atomic mass is 32.1. The van der Waals surface area contributed by atoms with Gasteiger partial charge in [0.25, 0.3) is 0 Å². The SMILES string of the molecule is O=c1ccscc1Cc1ccc(C(F)(F)F)cc1. The molecule has 18 heavy (non-hydrogen) atoms. The summed E-state index contributed by atoms with van der Waals surface area (Å²) in [5, 5.41) is 3.40. The summed E-state index contributed by atoms with van der Waals surface area (Å²) in [5.41, 5.74) is 0.527. The van der Waals surface area contributed by atoms with E-state index in [4.69, 9.17) is 0 Å². The first kappa shape index (κ1) is 12.8. The van der Waals surface area contributed by atoms with Gasteiger partial charge in [0.2, 0.25) is 0 Å². The van der Waals surface area contributed by atoms with Gasteiger partial charge in [-0.3, -0.25) is 4.79 Å². The van der Waals surface area contributed by atoms with Crippen molar-refractivity contribution in [3.8, 4) is 0 Å². The van der Waals surface area contributed by atoms with Crippen LogP contribution in [0.1, 0.15) is 16.7 Å². The van der Waals surface area contributed by atoms with E-state index in [0.29, 0.717) is 17.5 Å². The largest absolute Gasteiger partial charge is 0.416 e. The minimum Gasteiger partial charge on any atom is -0.290 e. The highest BCUT2D eigenvalue weighted by Gasteiger charge is 2.29. The van der Waals surface area contributed by atoms with E-state index < -0.39 is 11.7 Å². The summed E-state index contributed by atoms with van der Waals surface area (Å²) < 4.78 is 37.1. The Hall–Kier alpha value is -1.62. The van der Waals surface area contributed by atoms with Crippen LogP contribution in [-0.2, 0) is 12.6 Å². The number of halogens is 3. The van der Waals surface area contributed by atoms with Gasteiger partial charge < -0.3 is 0 Å². The highest BCUT2D eigenvalue weighted by Crippen LogP contribution is 2.29. The molecule has 0 bridgehead atoms. The quantitative estimate of drug-likeness (QED) is 0.813. The van der Waals surface area contributed by atoms with E-state index in [1.165, 1.54) is 29.5 Å². The maximum Gasteiger partial charge on any atom is 0.416 e. The molecule has 0 atom stereocenters. The Bertz CT molecular complexity index is 584. The fraction of sp³-hybridized carbons (Fsp3) is 0.154. The molecule has 0 spiro atoms. The third kappa shape index (κ3) is 2.98. The fourth-order valence-electron chi connectivity index (χ4n) is 1.55. The van der Waals surface area contributed by atoms with E-state index in [1.54, 1.807) is 10.8 Å². The lowest BCUT2D eigenvalue weighted by Gasteiger charge is -2.07. The summed E-state index contributed by atoms with van der Waals surface area (Å²) in [5.74, 6) is 0. The molecule has 0 aliphatic heterocycles. The molecule has 0 fully saturated rings. The first-order valence-corrected chi connectivity index (χ1v) is 6.12. The molecule has 2 rings (SSSR count). The summed E-state index contributed by atoms with van der Waals surface area (Å²) in [6, 6.07) is 6.34. The van der Waals surface area contributed by atoms with E-state index in [0.717, 1.165) is 12.1 Å². The Labute approximate surface area is 106 Å². The third-order valence-corrected chi connectivity index (χ3v) is 3.21. The van der Waals surface area contributed by atoms with Gasteiger partial charge in [0.1, 0.15) is 0 Å². The van der Waals surface area contributed by atoms with Gasteiger partial charge in [0.05, 0.1) is 5.56 Å². The van der Waals surface area contributed by atoms with E-state index >= 15 is 0 Å². The molecule has 0 aliphatic carbocycles. The van der Waals surface area contributed by atoms with Crippen LogP contribution in [0.25, 0.3) is 0 Å². The van der Waals surface area contributed by atoms with Crippen molar-refractivity contribution in [1.82, 2.24) is 0 Å². The molecule has 0 aliphatic rings. The van der Waals surface area contributed by atoms with Crippen molar-refractivity contribution in [3.63, 3.8) is 0 Å². The lowest BCUT2D eigenvalue weighted by atomic mass is 10.1. The first-order valence-electron chi connectivity index (χ1n) is 5.18. The minimum atomic E-state index is -4.32. The van der Waals surface area contributed by atoms with E-state index in [9.17, 15) is 18.0 Å². The monoisotopic (exact) mass is 270 g/mol. The Morgan fingerprint density at radius 3 is 2.28 bits per heavy atom. The highest BCUT2D eigenvalue weighted by molar-refractivity contribution is 7.07. The molecule has 0 saturated carbocycles. The van der Waals surface area contributed by atoms with E-state index in [-0.39, 0.29) is 5.43 Å². The van der Waals surface area contributed by atoms with Crippen LogP contribution >= 0.6 is 11.3 Å². The third-order valence-electron chi connectivity index (χ3n) is 2.50. The Balaban J connectivity index is 2.22. The molecule has 0 saturated heterocycles. The average Bonchev–Trinajstić information content (AvgIpc) is 2.32. The molecule has 1 aromatic carbocycles. The van der Waals surface area contributed by atoms with Crippen LogP contribution in [0.5, 0.6) is 0 Å². The lowest BCUT2D eigenvalue weighted by Crippen LogP contribution is -2.07. The van der Waals surface area contributed by atoms with Crippen LogP contribution in [0, 0.1) is 0 Å². The second-order valence-electron chi connectivity index (χ2n) is 3.82. The first-order chi connectivity index (χ1) is 8.47. The van der Waals surface area contributed by atoms with Crippen molar-refractivity contribution in [2.45, 2.75) is 12.6 Å². The summed E-state index contributed by atoms with van der Waals surface area (Å²) in [4.78, 5) is 11.5. The van der Waals surface area contributed by atoms with Crippen molar-refractivity contribution in [2.24, 2.45) is 0 Å². The summed E-state index contributed by atoms with van der Waals surface area (Å²) in [7, 11) is 0. The maximum absolute atomic E-state index is 12.4. The van der Waals surface area contributed by atoms with Gasteiger partial charge >= 0.3 is 6.18 Å². The van der Waals surface area contributed by atoms with Crippen LogP contribution in [-0.4, -0.2) is 0 Å². The predicted molar refractivity (Wildman–Crippen MR) is 64.8 cm³/mol. The van der Waals surface area contributed by atoms with E-state index in [1.807, 2.05) is 0 Å². The van der Waals surface area contributed by atoms with Crippen LogP contribution in [0.4, 0.5) is 13.2 Å². The summed E-state index contributed by atoms with van der Waals surface area (Å²) in [6.07, 6.45) is -3.97. The molecule has 0 N–H and O–H groups in total. The number of hydrogen-bond acceptors (Lipinski definition) is 2. The minimum absolute atomic E-state index is 0.0892. The van der Waals surface area contributed by atoms with Gasteiger partial charge in [-0.2, -0.15) is 24.5 Å². The second kappa shape index (κ2) is 4.94. The molecule has 1 aromatic heterocycles. The zero-order valence-electron chi connectivity index (χ0n) is 9.20. The molecule has 2 aromatic rings. The standard InChI is InChI=1S/C13H9F3OS/c14-13(15,16)11-3-1-9(2-4-11)7-10-8-18-6-5-12(10)17/h1-6,8H,7H2. The molecule has 1 nitrogen and oxygen atoms in total. The molecule has 1 heterocycles. The normalized spacial score (nSPS) is 11.5. The zero-order valence-corrected chi connectivity index (χ0v) is 10.0. The van der Waals surface area contributed by atoms with Crippen LogP contribution in [0.3, 0.4) is 0 Å². The van der Waals surface area contributed by atoms with Crippen molar-refractivity contribution in [1.29, 1.82) is 0 Å². The van der Waals surface area contributed by atoms with Crippen molar-refractivity contribution >= 4 is 11.3 Å². The molecular formula is C13H9F3OS. The van der Waals surface area contributed by atoms with Gasteiger partial charge in [0, 0.05) is 12.0 Å². The number of alkyl halides is 3. The molecule has 0 unspecified atom stereocenters. The van der Waals surface area contributed by atoms with Crippen LogP contribution in [0.2, 0.25) is 0 Å². The summed E-state index contributed by atoms with van der Waals surface area (Å²) in [6.45, 7) is 0. The van der Waals surface area contributed by atoms with Crippen molar-refractivity contribution in [2.75, 3.05) is 0 Å². The van der Waals surface area contributed by atoms with Crippen LogP contribution in [0.15, 0.2) is 45.9 Å². The predicted octanol–water partition coefficient (Wildman–Crippen LogP) is 3.72. The van der Waals surface area contributed by atoms with Gasteiger partial charge in [-0.15, -0.1) is 0 Å². The molecule has 94 valence electrons. The molecule has 5 heteroatoms. The van der Waals surface area contributed by atoms with Crippen LogP contribution < -0.4 is 5.43 Å². The zero-order chi connectivity index (χ0) is 13.2. The number of hydrogen-bond donors (Lipinski definition) is 0. The number of benzene rings is 1. The average molecular weight is 270 g/mol. The van der Waals surface area contributed by atoms with Gasteiger partial charge in [-0.25, -0.2) is 0 Å². The van der Waals surface area contributed by atoms with Crippen molar-refractivity contribution < 1.29 is 13.2 Å². The fourth-order valence-corrected chi connectivity index (χ4v) is 2.19. The maximum atomic E-state index is 12.4. The number of rotatable bonds is 2.